The molecule has 0 aromatic rings. The van der Waals surface area contributed by atoms with Crippen molar-refractivity contribution in [3.63, 3.8) is 0 Å². The first-order valence-corrected chi connectivity index (χ1v) is 8.13. The third kappa shape index (κ3) is 10.4. The fourth-order valence-corrected chi connectivity index (χ4v) is 2.25. The lowest BCUT2D eigenvalue weighted by Gasteiger charge is -2.13. The van der Waals surface area contributed by atoms with Crippen molar-refractivity contribution < 1.29 is 20.1 Å². The van der Waals surface area contributed by atoms with Crippen LogP contribution in [0.15, 0.2) is 0 Å². The summed E-state index contributed by atoms with van der Waals surface area (Å²) in [4.78, 5) is 11.5. The maximum absolute atomic E-state index is 11.5. The summed E-state index contributed by atoms with van der Waals surface area (Å²) in [5.74, 6) is -0.369. The van der Waals surface area contributed by atoms with Crippen molar-refractivity contribution >= 4 is 5.78 Å². The molecule has 0 saturated carbocycles. The summed E-state index contributed by atoms with van der Waals surface area (Å²) in [7, 11) is 0. The van der Waals surface area contributed by atoms with Gasteiger partial charge in [0, 0.05) is 6.42 Å². The Morgan fingerprint density at radius 1 is 0.850 bits per heavy atom. The maximum atomic E-state index is 11.5. The second-order valence-corrected chi connectivity index (χ2v) is 5.59. The number of rotatable bonds is 14. The standard InChI is InChI=1S/C16H32O4/c1-2-3-4-5-6-7-8-9-10-11-12-14(18)16(20)15(19)13-17/h15-17,19-20H,2-13H2,1H3/i14+2. The van der Waals surface area contributed by atoms with Gasteiger partial charge in [0.25, 0.3) is 0 Å². The highest BCUT2D eigenvalue weighted by Gasteiger charge is 2.22. The van der Waals surface area contributed by atoms with E-state index in [1.54, 1.807) is 0 Å². The Bertz CT molecular complexity index is 231. The van der Waals surface area contributed by atoms with Crippen LogP contribution >= 0.6 is 0 Å². The first kappa shape index (κ1) is 19.6. The van der Waals surface area contributed by atoms with Gasteiger partial charge < -0.3 is 15.3 Å². The topological polar surface area (TPSA) is 77.8 Å². The van der Waals surface area contributed by atoms with Crippen LogP contribution in [0.1, 0.15) is 77.6 Å². The molecular weight excluding hydrogens is 258 g/mol. The van der Waals surface area contributed by atoms with Crippen molar-refractivity contribution in [1.29, 1.82) is 0 Å². The van der Waals surface area contributed by atoms with Crippen molar-refractivity contribution in [3.8, 4) is 0 Å². The van der Waals surface area contributed by atoms with Gasteiger partial charge in [-0.15, -0.1) is 0 Å². The van der Waals surface area contributed by atoms with Crippen LogP contribution in [-0.4, -0.2) is 39.9 Å². The molecule has 120 valence electrons. The van der Waals surface area contributed by atoms with E-state index in [-0.39, 0.29) is 12.2 Å². The maximum Gasteiger partial charge on any atom is 0.164 e. The lowest BCUT2D eigenvalue weighted by atomic mass is 10.1. The molecule has 2 atom stereocenters. The molecule has 0 aliphatic heterocycles. The van der Waals surface area contributed by atoms with Crippen molar-refractivity contribution in [1.82, 2.24) is 0 Å². The summed E-state index contributed by atoms with van der Waals surface area (Å²) >= 11 is 0. The summed E-state index contributed by atoms with van der Waals surface area (Å²) in [6, 6.07) is 0. The minimum atomic E-state index is -1.43. The molecule has 0 rings (SSSR count). The molecule has 0 aromatic heterocycles. The number of hydrogen-bond acceptors (Lipinski definition) is 4. The highest BCUT2D eigenvalue weighted by Crippen LogP contribution is 2.12. The Morgan fingerprint density at radius 3 is 1.75 bits per heavy atom. The molecule has 0 saturated heterocycles. The van der Waals surface area contributed by atoms with E-state index >= 15 is 0 Å². The van der Waals surface area contributed by atoms with E-state index in [1.807, 2.05) is 0 Å². The highest BCUT2D eigenvalue weighted by atomic mass is 16.4. The summed E-state index contributed by atoms with van der Waals surface area (Å²) in [6.07, 6.45) is 9.46. The van der Waals surface area contributed by atoms with Gasteiger partial charge in [-0.25, -0.2) is 0 Å². The quantitative estimate of drug-likeness (QED) is 0.430. The number of aliphatic hydroxyl groups is 3. The zero-order valence-electron chi connectivity index (χ0n) is 12.9. The molecule has 0 heterocycles. The van der Waals surface area contributed by atoms with Gasteiger partial charge in [-0.3, -0.25) is 4.79 Å². The Labute approximate surface area is 123 Å². The van der Waals surface area contributed by atoms with Crippen molar-refractivity contribution in [2.24, 2.45) is 0 Å². The van der Waals surface area contributed by atoms with Gasteiger partial charge in [0.1, 0.15) is 12.2 Å². The number of carbonyl (C=O) groups excluding carboxylic acids is 1. The molecule has 4 heteroatoms. The molecule has 0 aliphatic rings. The van der Waals surface area contributed by atoms with E-state index in [9.17, 15) is 9.90 Å². The van der Waals surface area contributed by atoms with Crippen molar-refractivity contribution in [2.75, 3.05) is 6.61 Å². The molecule has 2 unspecified atom stereocenters. The Hall–Kier alpha value is -0.450. The van der Waals surface area contributed by atoms with Crippen LogP contribution in [0, 0.1) is 0 Å². The number of unbranched alkanes of at least 4 members (excludes halogenated alkanes) is 9. The van der Waals surface area contributed by atoms with Crippen LogP contribution < -0.4 is 0 Å². The van der Waals surface area contributed by atoms with Crippen LogP contribution in [0.25, 0.3) is 0 Å². The number of Topliss-reactive ketones (excluding diaryl/α,β-unsaturated/α-hetero) is 1. The molecule has 3 N–H and O–H groups in total. The molecule has 0 spiro atoms. The van der Waals surface area contributed by atoms with Crippen LogP contribution in [-0.2, 0) is 4.79 Å². The zero-order valence-corrected chi connectivity index (χ0v) is 12.9. The van der Waals surface area contributed by atoms with E-state index in [0.29, 0.717) is 0 Å². The van der Waals surface area contributed by atoms with Crippen molar-refractivity contribution in [3.05, 3.63) is 0 Å². The second kappa shape index (κ2) is 13.5. The van der Waals surface area contributed by atoms with Gasteiger partial charge in [-0.1, -0.05) is 64.7 Å². The molecular formula is C16H32O4. The van der Waals surface area contributed by atoms with E-state index < -0.39 is 18.8 Å². The van der Waals surface area contributed by atoms with Crippen molar-refractivity contribution in [2.45, 2.75) is 89.8 Å². The third-order valence-electron chi connectivity index (χ3n) is 3.66. The summed E-state index contributed by atoms with van der Waals surface area (Å²) in [5.41, 5.74) is 0. The summed E-state index contributed by atoms with van der Waals surface area (Å²) in [5, 5.41) is 27.1. The lowest BCUT2D eigenvalue weighted by molar-refractivity contribution is -0.134. The van der Waals surface area contributed by atoms with Gasteiger partial charge in [-0.05, 0) is 6.42 Å². The lowest BCUT2D eigenvalue weighted by Crippen LogP contribution is -2.36. The molecule has 0 radical (unpaired) electrons. The Kier molecular flexibility index (Phi) is 13.2. The monoisotopic (exact) mass is 290 g/mol. The predicted octanol–water partition coefficient (Wildman–Crippen LogP) is 2.58. The van der Waals surface area contributed by atoms with Gasteiger partial charge in [-0.2, -0.15) is 0 Å². The average molecular weight is 290 g/mol. The van der Waals surface area contributed by atoms with Gasteiger partial charge in [0.05, 0.1) is 6.61 Å². The Morgan fingerprint density at radius 2 is 1.30 bits per heavy atom. The number of aliphatic hydroxyl groups excluding tert-OH is 3. The Balaban J connectivity index is 3.33. The fraction of sp³-hybridized carbons (Fsp3) is 0.938. The smallest absolute Gasteiger partial charge is 0.164 e. The molecule has 0 fully saturated rings. The van der Waals surface area contributed by atoms with Crippen LogP contribution in [0.4, 0.5) is 0 Å². The van der Waals surface area contributed by atoms with E-state index in [1.165, 1.54) is 44.9 Å². The largest absolute Gasteiger partial charge is 0.394 e. The van der Waals surface area contributed by atoms with E-state index in [4.69, 9.17) is 10.2 Å². The third-order valence-corrected chi connectivity index (χ3v) is 3.66. The predicted molar refractivity (Wildman–Crippen MR) is 80.6 cm³/mol. The van der Waals surface area contributed by atoms with Gasteiger partial charge >= 0.3 is 0 Å². The van der Waals surface area contributed by atoms with Crippen LogP contribution in [0.2, 0.25) is 0 Å². The molecule has 4 nitrogen and oxygen atoms in total. The first-order valence-electron chi connectivity index (χ1n) is 8.13. The molecule has 0 bridgehead atoms. The summed E-state index contributed by atoms with van der Waals surface area (Å²) < 4.78 is 0. The highest BCUT2D eigenvalue weighted by molar-refractivity contribution is 5.83. The van der Waals surface area contributed by atoms with E-state index in [2.05, 4.69) is 6.92 Å². The normalized spacial score (nSPS) is 14.2. The molecule has 0 aliphatic carbocycles. The average Bonchev–Trinajstić information content (AvgIpc) is 2.47. The second-order valence-electron chi connectivity index (χ2n) is 5.59. The minimum Gasteiger partial charge on any atom is -0.394 e. The van der Waals surface area contributed by atoms with Gasteiger partial charge in [0.2, 0.25) is 0 Å². The number of ketones is 1. The zero-order chi connectivity index (χ0) is 15.2. The molecule has 0 amide bonds. The van der Waals surface area contributed by atoms with E-state index in [0.717, 1.165) is 19.3 Å². The number of carbonyl (C=O) groups is 1. The molecule has 0 aromatic carbocycles. The fourth-order valence-electron chi connectivity index (χ4n) is 2.25. The first-order chi connectivity index (χ1) is 9.63. The minimum absolute atomic E-state index is 0.286. The molecule has 20 heavy (non-hydrogen) atoms. The van der Waals surface area contributed by atoms with Crippen LogP contribution in [0.3, 0.4) is 0 Å². The number of hydrogen-bond donors (Lipinski definition) is 3. The SMILES string of the molecule is CCCCCCCCCCCC[14C](=O)C(O)C(O)CO. The van der Waals surface area contributed by atoms with Gasteiger partial charge in [0.15, 0.2) is 5.78 Å². The van der Waals surface area contributed by atoms with Crippen LogP contribution in [0.5, 0.6) is 0 Å². The summed E-state index contributed by atoms with van der Waals surface area (Å²) in [6.45, 7) is 1.64.